The van der Waals surface area contributed by atoms with Gasteiger partial charge in [-0.05, 0) is 44.6 Å². The number of esters is 1. The third-order valence-electron chi connectivity index (χ3n) is 5.21. The minimum absolute atomic E-state index is 0.0144. The number of hydrogen-bond donors (Lipinski definition) is 1. The first-order chi connectivity index (χ1) is 15.4. The van der Waals surface area contributed by atoms with Crippen LogP contribution in [0, 0.1) is 10.1 Å². The van der Waals surface area contributed by atoms with Crippen molar-refractivity contribution in [3.63, 3.8) is 0 Å². The zero-order valence-electron chi connectivity index (χ0n) is 18.2. The minimum atomic E-state index is -0.718. The van der Waals surface area contributed by atoms with Crippen molar-refractivity contribution in [1.29, 1.82) is 0 Å². The predicted octanol–water partition coefficient (Wildman–Crippen LogP) is 2.24. The molecule has 1 aromatic heterocycles. The smallest absolute Gasteiger partial charge is 0.338 e. The maximum atomic E-state index is 12.6. The quantitative estimate of drug-likeness (QED) is 0.395. The van der Waals surface area contributed by atoms with Crippen molar-refractivity contribution < 1.29 is 19.2 Å². The Morgan fingerprint density at radius 3 is 2.62 bits per heavy atom. The van der Waals surface area contributed by atoms with Gasteiger partial charge in [-0.3, -0.25) is 14.9 Å². The number of rotatable bonds is 7. The van der Waals surface area contributed by atoms with Crippen LogP contribution in [0.3, 0.4) is 0 Å². The highest BCUT2D eigenvalue weighted by atomic mass is 16.6. The fourth-order valence-electron chi connectivity index (χ4n) is 3.45. The number of nitro groups is 1. The second-order valence-corrected chi connectivity index (χ2v) is 7.60. The van der Waals surface area contributed by atoms with Crippen LogP contribution in [0.5, 0.6) is 0 Å². The summed E-state index contributed by atoms with van der Waals surface area (Å²) < 4.78 is 4.89. The second-order valence-electron chi connectivity index (χ2n) is 7.60. The van der Waals surface area contributed by atoms with Gasteiger partial charge in [0.15, 0.2) is 0 Å². The predicted molar refractivity (Wildman–Crippen MR) is 119 cm³/mol. The van der Waals surface area contributed by atoms with Crippen LogP contribution >= 0.6 is 0 Å². The number of nitrogens with one attached hydrogen (secondary N) is 1. The van der Waals surface area contributed by atoms with Crippen molar-refractivity contribution in [2.24, 2.45) is 0 Å². The topological polar surface area (TPSA) is 118 Å². The molecule has 1 aliphatic rings. The van der Waals surface area contributed by atoms with Crippen LogP contribution in [0.1, 0.15) is 39.6 Å². The van der Waals surface area contributed by atoms with Gasteiger partial charge in [-0.15, -0.1) is 0 Å². The van der Waals surface area contributed by atoms with E-state index in [9.17, 15) is 19.7 Å². The number of amides is 1. The fraction of sp³-hybridized carbons (Fsp3) is 0.409. The molecule has 1 fully saturated rings. The first kappa shape index (κ1) is 23.1. The molecule has 0 unspecified atom stereocenters. The molecular weight excluding hydrogens is 414 g/mol. The van der Waals surface area contributed by atoms with Crippen LogP contribution in [0.15, 0.2) is 36.5 Å². The van der Waals surface area contributed by atoms with Gasteiger partial charge in [0.2, 0.25) is 0 Å². The molecule has 0 atom stereocenters. The van der Waals surface area contributed by atoms with E-state index in [0.717, 1.165) is 56.1 Å². The highest BCUT2D eigenvalue weighted by Gasteiger charge is 2.19. The van der Waals surface area contributed by atoms with Crippen molar-refractivity contribution in [3.05, 3.63) is 63.3 Å². The molecule has 0 aliphatic carbocycles. The molecular formula is C22H27N5O5. The SMILES string of the molecule is CCOC(=O)c1cc(C(=O)NCc2ccc(N3CCCN(C)CC3)nc2)cc([N+](=O)[O-])c1. The number of ether oxygens (including phenoxy) is 1. The highest BCUT2D eigenvalue weighted by Crippen LogP contribution is 2.19. The summed E-state index contributed by atoms with van der Waals surface area (Å²) in [4.78, 5) is 44.2. The Morgan fingerprint density at radius 1 is 1.16 bits per heavy atom. The lowest BCUT2D eigenvalue weighted by molar-refractivity contribution is -0.384. The Hall–Kier alpha value is -3.53. The molecule has 0 saturated carbocycles. The zero-order chi connectivity index (χ0) is 23.1. The lowest BCUT2D eigenvalue weighted by atomic mass is 10.1. The lowest BCUT2D eigenvalue weighted by Gasteiger charge is -2.21. The van der Waals surface area contributed by atoms with Crippen molar-refractivity contribution >= 4 is 23.4 Å². The Bertz CT molecular complexity index is 979. The molecule has 1 saturated heterocycles. The fourth-order valence-corrected chi connectivity index (χ4v) is 3.45. The van der Waals surface area contributed by atoms with Crippen molar-refractivity contribution in [2.45, 2.75) is 19.9 Å². The van der Waals surface area contributed by atoms with Crippen LogP contribution < -0.4 is 10.2 Å². The van der Waals surface area contributed by atoms with E-state index in [2.05, 4.69) is 27.1 Å². The van der Waals surface area contributed by atoms with E-state index in [1.54, 1.807) is 13.1 Å². The lowest BCUT2D eigenvalue weighted by Crippen LogP contribution is -2.29. The largest absolute Gasteiger partial charge is 0.462 e. The van der Waals surface area contributed by atoms with Crippen LogP contribution in [0.2, 0.25) is 0 Å². The maximum absolute atomic E-state index is 12.6. The molecule has 10 heteroatoms. The Balaban J connectivity index is 1.66. The van der Waals surface area contributed by atoms with E-state index in [4.69, 9.17) is 4.74 Å². The van der Waals surface area contributed by atoms with Gasteiger partial charge in [0, 0.05) is 50.1 Å². The summed E-state index contributed by atoms with van der Waals surface area (Å²) in [5, 5.41) is 13.9. The standard InChI is InChI=1S/C22H27N5O5/c1-3-32-22(29)18-11-17(12-19(13-18)27(30)31)21(28)24-15-16-5-6-20(23-14-16)26-8-4-7-25(2)9-10-26/h5-6,11-14H,3-4,7-10,15H2,1-2H3,(H,24,28). The minimum Gasteiger partial charge on any atom is -0.462 e. The number of anilines is 1. The third-order valence-corrected chi connectivity index (χ3v) is 5.21. The summed E-state index contributed by atoms with van der Waals surface area (Å²) in [6.45, 7) is 5.87. The number of hydrogen-bond acceptors (Lipinski definition) is 8. The maximum Gasteiger partial charge on any atom is 0.338 e. The number of carbonyl (C=O) groups is 2. The number of carbonyl (C=O) groups excluding carboxylic acids is 2. The van der Waals surface area contributed by atoms with Crippen molar-refractivity contribution in [2.75, 3.05) is 44.7 Å². The van der Waals surface area contributed by atoms with Crippen LogP contribution in [0.25, 0.3) is 0 Å². The van der Waals surface area contributed by atoms with Crippen LogP contribution in [-0.2, 0) is 11.3 Å². The Labute approximate surface area is 186 Å². The van der Waals surface area contributed by atoms with Crippen LogP contribution in [-0.4, -0.2) is 66.5 Å². The summed E-state index contributed by atoms with van der Waals surface area (Å²) in [6.07, 6.45) is 2.79. The normalized spacial score (nSPS) is 14.5. The summed E-state index contributed by atoms with van der Waals surface area (Å²) in [7, 11) is 2.11. The van der Waals surface area contributed by atoms with Crippen molar-refractivity contribution in [3.8, 4) is 0 Å². The number of nitrogens with zero attached hydrogens (tertiary/aromatic N) is 4. The number of nitro benzene ring substituents is 1. The van der Waals surface area contributed by atoms with Gasteiger partial charge in [-0.2, -0.15) is 0 Å². The first-order valence-corrected chi connectivity index (χ1v) is 10.5. The summed E-state index contributed by atoms with van der Waals surface area (Å²) in [6, 6.07) is 7.35. The molecule has 3 rings (SSSR count). The van der Waals surface area contributed by atoms with Crippen molar-refractivity contribution in [1.82, 2.24) is 15.2 Å². The molecule has 0 radical (unpaired) electrons. The van der Waals surface area contributed by atoms with E-state index >= 15 is 0 Å². The Morgan fingerprint density at radius 2 is 1.94 bits per heavy atom. The molecule has 2 aromatic rings. The molecule has 0 bridgehead atoms. The van der Waals surface area contributed by atoms with E-state index in [1.165, 1.54) is 6.07 Å². The van der Waals surface area contributed by atoms with Gasteiger partial charge in [-0.25, -0.2) is 9.78 Å². The molecule has 1 aliphatic heterocycles. The van der Waals surface area contributed by atoms with Gasteiger partial charge in [-0.1, -0.05) is 6.07 Å². The van der Waals surface area contributed by atoms with E-state index in [0.29, 0.717) is 0 Å². The molecule has 10 nitrogen and oxygen atoms in total. The summed E-state index contributed by atoms with van der Waals surface area (Å²) >= 11 is 0. The molecule has 170 valence electrons. The van der Waals surface area contributed by atoms with Gasteiger partial charge in [0.05, 0.1) is 17.1 Å². The van der Waals surface area contributed by atoms with E-state index < -0.39 is 16.8 Å². The molecule has 1 aromatic carbocycles. The Kier molecular flexibility index (Phi) is 7.72. The molecule has 1 amide bonds. The molecule has 1 N–H and O–H groups in total. The molecule has 2 heterocycles. The summed E-state index contributed by atoms with van der Waals surface area (Å²) in [5.41, 5.74) is 0.417. The van der Waals surface area contributed by atoms with Crippen LogP contribution in [0.4, 0.5) is 11.5 Å². The van der Waals surface area contributed by atoms with Gasteiger partial charge in [0.1, 0.15) is 5.82 Å². The average Bonchev–Trinajstić information content (AvgIpc) is 3.02. The average molecular weight is 441 g/mol. The van der Waals surface area contributed by atoms with E-state index in [1.807, 2.05) is 12.1 Å². The number of aromatic nitrogens is 1. The molecule has 32 heavy (non-hydrogen) atoms. The third kappa shape index (κ3) is 6.01. The molecule has 0 spiro atoms. The number of benzene rings is 1. The number of pyridine rings is 1. The van der Waals surface area contributed by atoms with Gasteiger partial charge >= 0.3 is 5.97 Å². The first-order valence-electron chi connectivity index (χ1n) is 10.5. The highest BCUT2D eigenvalue weighted by molar-refractivity contribution is 5.99. The van der Waals surface area contributed by atoms with Gasteiger partial charge in [0.25, 0.3) is 11.6 Å². The van der Waals surface area contributed by atoms with Gasteiger partial charge < -0.3 is 19.9 Å². The summed E-state index contributed by atoms with van der Waals surface area (Å²) in [5.74, 6) is -0.350. The second kappa shape index (κ2) is 10.7. The monoisotopic (exact) mass is 441 g/mol. The number of non-ortho nitro benzene ring substituents is 1. The zero-order valence-corrected chi connectivity index (χ0v) is 18.2. The van der Waals surface area contributed by atoms with E-state index in [-0.39, 0.29) is 30.0 Å². The number of likely N-dealkylation sites (N-methyl/N-ethyl adjacent to an activating group) is 1.